The van der Waals surface area contributed by atoms with Crippen LogP contribution in [0.5, 0.6) is 0 Å². The van der Waals surface area contributed by atoms with Gasteiger partial charge in [-0.05, 0) is 37.1 Å². The second kappa shape index (κ2) is 4.65. The van der Waals surface area contributed by atoms with Crippen LogP contribution in [-0.2, 0) is 4.74 Å². The highest BCUT2D eigenvalue weighted by molar-refractivity contribution is 5.98. The van der Waals surface area contributed by atoms with Crippen LogP contribution in [0, 0.1) is 13.8 Å². The molecule has 0 saturated heterocycles. The molecule has 0 saturated carbocycles. The highest BCUT2D eigenvalue weighted by Crippen LogP contribution is 2.18. The summed E-state index contributed by atoms with van der Waals surface area (Å²) in [5, 5.41) is 17.2. The lowest BCUT2D eigenvalue weighted by Gasteiger charge is -2.09. The summed E-state index contributed by atoms with van der Waals surface area (Å²) in [5.74, 6) is -2.13. The largest absolute Gasteiger partial charge is 0.513 e. The zero-order valence-corrected chi connectivity index (χ0v) is 9.18. The van der Waals surface area contributed by atoms with Crippen molar-refractivity contribution in [3.8, 4) is 0 Å². The van der Waals surface area contributed by atoms with Crippen molar-refractivity contribution in [1.29, 1.82) is 0 Å². The molecule has 1 rings (SSSR count). The summed E-state index contributed by atoms with van der Waals surface area (Å²) in [5.41, 5.74) is 0.887. The summed E-state index contributed by atoms with van der Waals surface area (Å²) in [6, 6.07) is 2.47. The third-order valence-electron chi connectivity index (χ3n) is 2.42. The van der Waals surface area contributed by atoms with Gasteiger partial charge in [-0.1, -0.05) is 0 Å². The van der Waals surface area contributed by atoms with Crippen LogP contribution in [0.3, 0.4) is 0 Å². The predicted molar refractivity (Wildman–Crippen MR) is 56.3 cm³/mol. The van der Waals surface area contributed by atoms with Crippen molar-refractivity contribution in [2.45, 2.75) is 13.8 Å². The van der Waals surface area contributed by atoms with Gasteiger partial charge in [-0.3, -0.25) is 0 Å². The smallest absolute Gasteiger partial charge is 0.478 e. The fourth-order valence-electron chi connectivity index (χ4n) is 1.41. The van der Waals surface area contributed by atoms with Gasteiger partial charge in [-0.25, -0.2) is 14.4 Å². The van der Waals surface area contributed by atoms with E-state index < -0.39 is 18.1 Å². The third kappa shape index (κ3) is 2.60. The Morgan fingerprint density at radius 2 is 1.47 bits per heavy atom. The van der Waals surface area contributed by atoms with E-state index in [1.54, 1.807) is 0 Å². The van der Waals surface area contributed by atoms with Gasteiger partial charge < -0.3 is 14.9 Å². The fraction of sp³-hybridized carbons (Fsp3) is 0.182. The van der Waals surface area contributed by atoms with Crippen molar-refractivity contribution in [2.75, 3.05) is 0 Å². The quantitative estimate of drug-likeness (QED) is 0.602. The van der Waals surface area contributed by atoms with E-state index in [4.69, 9.17) is 10.2 Å². The van der Waals surface area contributed by atoms with Crippen molar-refractivity contribution in [2.24, 2.45) is 0 Å². The lowest BCUT2D eigenvalue weighted by Crippen LogP contribution is -2.13. The molecular weight excluding hydrogens is 228 g/mol. The Bertz CT molecular complexity index is 503. The Morgan fingerprint density at radius 1 is 1.00 bits per heavy atom. The minimum atomic E-state index is -1.70. The average Bonchev–Trinajstić information content (AvgIpc) is 2.20. The topological polar surface area (TPSA) is 101 Å². The lowest BCUT2D eigenvalue weighted by atomic mass is 9.98. The molecule has 17 heavy (non-hydrogen) atoms. The van der Waals surface area contributed by atoms with Gasteiger partial charge in [0.1, 0.15) is 0 Å². The molecule has 0 heterocycles. The molecule has 0 amide bonds. The first-order chi connectivity index (χ1) is 7.84. The molecule has 0 aliphatic rings. The van der Waals surface area contributed by atoms with Crippen molar-refractivity contribution >= 4 is 18.1 Å². The maximum absolute atomic E-state index is 11.4. The monoisotopic (exact) mass is 238 g/mol. The van der Waals surface area contributed by atoms with Gasteiger partial charge in [0, 0.05) is 0 Å². The molecule has 6 nitrogen and oxygen atoms in total. The van der Waals surface area contributed by atoms with E-state index in [1.165, 1.54) is 26.0 Å². The van der Waals surface area contributed by atoms with Crippen molar-refractivity contribution < 1.29 is 29.3 Å². The summed E-state index contributed by atoms with van der Waals surface area (Å²) < 4.78 is 4.00. The summed E-state index contributed by atoms with van der Waals surface area (Å²) in [7, 11) is 0. The molecule has 0 atom stereocenters. The van der Waals surface area contributed by atoms with Gasteiger partial charge in [-0.15, -0.1) is 0 Å². The normalized spacial score (nSPS) is 9.76. The number of hydrogen-bond donors (Lipinski definition) is 2. The van der Waals surface area contributed by atoms with E-state index in [2.05, 4.69) is 4.74 Å². The van der Waals surface area contributed by atoms with E-state index in [9.17, 15) is 14.4 Å². The molecule has 0 unspecified atom stereocenters. The molecular formula is C11H10O6. The molecule has 0 bridgehead atoms. The first-order valence-electron chi connectivity index (χ1n) is 4.63. The van der Waals surface area contributed by atoms with E-state index in [-0.39, 0.29) is 11.1 Å². The summed E-state index contributed by atoms with van der Waals surface area (Å²) in [6.45, 7) is 3.07. The van der Waals surface area contributed by atoms with E-state index in [0.29, 0.717) is 11.1 Å². The Labute approximate surface area is 96.4 Å². The van der Waals surface area contributed by atoms with Crippen LogP contribution >= 0.6 is 0 Å². The number of carbonyl (C=O) groups excluding carboxylic acids is 1. The van der Waals surface area contributed by atoms with Gasteiger partial charge in [-0.2, -0.15) is 0 Å². The van der Waals surface area contributed by atoms with Crippen LogP contribution in [-0.4, -0.2) is 28.3 Å². The number of benzene rings is 1. The highest BCUT2D eigenvalue weighted by Gasteiger charge is 2.18. The maximum atomic E-state index is 11.4. The Hall–Kier alpha value is -2.37. The van der Waals surface area contributed by atoms with Crippen molar-refractivity contribution in [3.63, 3.8) is 0 Å². The number of carboxylic acids is 1. The van der Waals surface area contributed by atoms with Gasteiger partial charge in [0.05, 0.1) is 11.1 Å². The maximum Gasteiger partial charge on any atom is 0.513 e. The van der Waals surface area contributed by atoms with Crippen molar-refractivity contribution in [1.82, 2.24) is 0 Å². The van der Waals surface area contributed by atoms with Gasteiger partial charge >= 0.3 is 18.1 Å². The second-order valence-electron chi connectivity index (χ2n) is 3.37. The second-order valence-corrected chi connectivity index (χ2v) is 3.37. The minimum Gasteiger partial charge on any atom is -0.478 e. The SMILES string of the molecule is Cc1c(C(=O)O)ccc(C(=O)OC(=O)O)c1C. The predicted octanol–water partition coefficient (Wildman–Crippen LogP) is 1.84. The number of aromatic carboxylic acids is 1. The molecule has 1 aromatic rings. The molecule has 2 N–H and O–H groups in total. The zero-order valence-electron chi connectivity index (χ0n) is 9.18. The number of rotatable bonds is 2. The standard InChI is InChI=1S/C11H10O6/c1-5-6(2)8(10(14)17-11(15)16)4-3-7(5)9(12)13/h3-4H,1-2H3,(H,12,13)(H,15,16). The molecule has 0 aliphatic heterocycles. The molecule has 90 valence electrons. The van der Waals surface area contributed by atoms with E-state index >= 15 is 0 Å². The van der Waals surface area contributed by atoms with Gasteiger partial charge in [0.2, 0.25) is 0 Å². The van der Waals surface area contributed by atoms with E-state index in [0.717, 1.165) is 0 Å². The molecule has 0 radical (unpaired) electrons. The Morgan fingerprint density at radius 3 is 1.94 bits per heavy atom. The van der Waals surface area contributed by atoms with Crippen LogP contribution in [0.2, 0.25) is 0 Å². The number of esters is 1. The zero-order chi connectivity index (χ0) is 13.2. The Kier molecular flexibility index (Phi) is 3.47. The first-order valence-corrected chi connectivity index (χ1v) is 4.63. The molecule has 6 heteroatoms. The van der Waals surface area contributed by atoms with Crippen LogP contribution in [0.4, 0.5) is 4.79 Å². The number of carboxylic acid groups (broad SMARTS) is 2. The van der Waals surface area contributed by atoms with Gasteiger partial charge in [0.25, 0.3) is 0 Å². The molecule has 1 aromatic carbocycles. The number of carbonyl (C=O) groups is 3. The number of hydrogen-bond acceptors (Lipinski definition) is 4. The van der Waals surface area contributed by atoms with Crippen molar-refractivity contribution in [3.05, 3.63) is 34.4 Å². The summed E-state index contributed by atoms with van der Waals surface area (Å²) in [4.78, 5) is 32.4. The molecule has 0 spiro atoms. The van der Waals surface area contributed by atoms with Crippen LogP contribution in [0.1, 0.15) is 31.8 Å². The highest BCUT2D eigenvalue weighted by atomic mass is 16.7. The fourth-order valence-corrected chi connectivity index (χ4v) is 1.41. The average molecular weight is 238 g/mol. The number of ether oxygens (including phenoxy) is 1. The third-order valence-corrected chi connectivity index (χ3v) is 2.42. The first kappa shape index (κ1) is 12.7. The summed E-state index contributed by atoms with van der Waals surface area (Å²) >= 11 is 0. The molecule has 0 fully saturated rings. The molecule has 0 aliphatic carbocycles. The lowest BCUT2D eigenvalue weighted by molar-refractivity contribution is 0.0506. The van der Waals surface area contributed by atoms with Crippen LogP contribution in [0.15, 0.2) is 12.1 Å². The minimum absolute atomic E-state index is 0.0369. The summed E-state index contributed by atoms with van der Waals surface area (Å²) in [6.07, 6.45) is -1.70. The Balaban J connectivity index is 3.21. The van der Waals surface area contributed by atoms with Gasteiger partial charge in [0.15, 0.2) is 0 Å². The van der Waals surface area contributed by atoms with Crippen LogP contribution < -0.4 is 0 Å². The van der Waals surface area contributed by atoms with Crippen LogP contribution in [0.25, 0.3) is 0 Å². The van der Waals surface area contributed by atoms with E-state index in [1.807, 2.05) is 0 Å². The molecule has 0 aromatic heterocycles.